The fraction of sp³-hybridized carbons (Fsp3) is 0.0588. The van der Waals surface area contributed by atoms with E-state index in [4.69, 9.17) is 0 Å². The molecule has 3 rings (SSSR count). The van der Waals surface area contributed by atoms with Crippen LogP contribution in [0.2, 0.25) is 0 Å². The van der Waals surface area contributed by atoms with E-state index in [1.54, 1.807) is 12.1 Å². The van der Waals surface area contributed by atoms with Crippen LogP contribution in [0.3, 0.4) is 0 Å². The number of halogens is 1. The van der Waals surface area contributed by atoms with Crippen molar-refractivity contribution < 1.29 is 12.8 Å². The topological polar surface area (TPSA) is 46.2 Å². The number of sulfonamides is 1. The van der Waals surface area contributed by atoms with Gasteiger partial charge in [0.2, 0.25) is 0 Å². The molecule has 22 heavy (non-hydrogen) atoms. The van der Waals surface area contributed by atoms with Gasteiger partial charge in [0.25, 0.3) is 10.0 Å². The lowest BCUT2D eigenvalue weighted by Gasteiger charge is -2.10. The number of anilines is 1. The van der Waals surface area contributed by atoms with E-state index in [9.17, 15) is 12.8 Å². The summed E-state index contributed by atoms with van der Waals surface area (Å²) in [5.41, 5.74) is 0.766. The quantitative estimate of drug-likeness (QED) is 0.791. The average molecular weight is 315 g/mol. The first-order chi connectivity index (χ1) is 10.5. The average Bonchev–Trinajstić information content (AvgIpc) is 2.49. The fourth-order valence-electron chi connectivity index (χ4n) is 2.25. The molecular formula is C17H14FNO2S. The zero-order valence-electron chi connectivity index (χ0n) is 11.9. The Balaban J connectivity index is 1.97. The summed E-state index contributed by atoms with van der Waals surface area (Å²) in [7, 11) is -3.74. The van der Waals surface area contributed by atoms with Crippen LogP contribution in [0.15, 0.2) is 65.6 Å². The van der Waals surface area contributed by atoms with Crippen molar-refractivity contribution in [1.29, 1.82) is 0 Å². The van der Waals surface area contributed by atoms with E-state index in [0.717, 1.165) is 16.8 Å². The molecule has 0 bridgehead atoms. The molecule has 3 aromatic rings. The molecule has 0 saturated carbocycles. The van der Waals surface area contributed by atoms with E-state index in [2.05, 4.69) is 4.72 Å². The van der Waals surface area contributed by atoms with Gasteiger partial charge >= 0.3 is 0 Å². The van der Waals surface area contributed by atoms with E-state index in [1.165, 1.54) is 19.1 Å². The maximum absolute atomic E-state index is 13.3. The number of fused-ring (bicyclic) bond motifs is 1. The minimum Gasteiger partial charge on any atom is -0.280 e. The molecule has 3 aromatic carbocycles. The highest BCUT2D eigenvalue weighted by Crippen LogP contribution is 2.22. The van der Waals surface area contributed by atoms with Crippen molar-refractivity contribution in [2.24, 2.45) is 0 Å². The maximum atomic E-state index is 13.3. The van der Waals surface area contributed by atoms with Crippen LogP contribution in [0.25, 0.3) is 10.8 Å². The summed E-state index contributed by atoms with van der Waals surface area (Å²) in [5, 5.41) is 1.97. The second-order valence-electron chi connectivity index (χ2n) is 5.08. The van der Waals surface area contributed by atoms with Crippen LogP contribution in [0.1, 0.15) is 5.56 Å². The van der Waals surface area contributed by atoms with E-state index in [0.29, 0.717) is 11.3 Å². The highest BCUT2D eigenvalue weighted by molar-refractivity contribution is 7.92. The lowest BCUT2D eigenvalue weighted by atomic mass is 10.1. The largest absolute Gasteiger partial charge is 0.280 e. The van der Waals surface area contributed by atoms with Crippen molar-refractivity contribution in [1.82, 2.24) is 0 Å². The molecule has 0 fully saturated rings. The molecule has 0 aliphatic heterocycles. The Labute approximate surface area is 128 Å². The summed E-state index contributed by atoms with van der Waals surface area (Å²) in [6.45, 7) is 1.53. The van der Waals surface area contributed by atoms with E-state index < -0.39 is 15.8 Å². The normalized spacial score (nSPS) is 11.5. The highest BCUT2D eigenvalue weighted by atomic mass is 32.2. The molecule has 0 saturated heterocycles. The second-order valence-corrected chi connectivity index (χ2v) is 6.76. The number of aryl methyl sites for hydroxylation is 1. The minimum atomic E-state index is -3.74. The molecule has 0 aromatic heterocycles. The Morgan fingerprint density at radius 1 is 0.909 bits per heavy atom. The van der Waals surface area contributed by atoms with Crippen LogP contribution in [0.4, 0.5) is 10.1 Å². The smallest absolute Gasteiger partial charge is 0.261 e. The Morgan fingerprint density at radius 2 is 1.64 bits per heavy atom. The van der Waals surface area contributed by atoms with E-state index in [1.807, 2.05) is 30.3 Å². The zero-order chi connectivity index (χ0) is 15.7. The monoisotopic (exact) mass is 315 g/mol. The standard InChI is InChI=1S/C17H14FNO2S/c1-12-10-16(8-9-17(12)18)22(20,21)19-15-7-6-13-4-2-3-5-14(13)11-15/h2-11,19H,1H3. The van der Waals surface area contributed by atoms with Crippen LogP contribution in [0.5, 0.6) is 0 Å². The zero-order valence-corrected chi connectivity index (χ0v) is 12.7. The first kappa shape index (κ1) is 14.5. The van der Waals surface area contributed by atoms with Crippen molar-refractivity contribution >= 4 is 26.5 Å². The molecule has 0 spiro atoms. The number of hydrogen-bond donors (Lipinski definition) is 1. The number of benzene rings is 3. The molecule has 3 nitrogen and oxygen atoms in total. The summed E-state index contributed by atoms with van der Waals surface area (Å²) in [6.07, 6.45) is 0. The van der Waals surface area contributed by atoms with Gasteiger partial charge in [0.1, 0.15) is 5.82 Å². The van der Waals surface area contributed by atoms with Crippen molar-refractivity contribution in [3.05, 3.63) is 72.0 Å². The highest BCUT2D eigenvalue weighted by Gasteiger charge is 2.15. The molecule has 0 unspecified atom stereocenters. The van der Waals surface area contributed by atoms with Crippen LogP contribution in [-0.4, -0.2) is 8.42 Å². The van der Waals surface area contributed by atoms with Gasteiger partial charge in [-0.3, -0.25) is 4.72 Å². The van der Waals surface area contributed by atoms with Gasteiger partial charge in [0.15, 0.2) is 0 Å². The number of rotatable bonds is 3. The Morgan fingerprint density at radius 3 is 2.36 bits per heavy atom. The fourth-order valence-corrected chi connectivity index (χ4v) is 3.39. The first-order valence-corrected chi connectivity index (χ1v) is 8.22. The van der Waals surface area contributed by atoms with Gasteiger partial charge in [-0.2, -0.15) is 0 Å². The van der Waals surface area contributed by atoms with Gasteiger partial charge in [0, 0.05) is 5.69 Å². The molecular weight excluding hydrogens is 301 g/mol. The molecule has 5 heteroatoms. The van der Waals surface area contributed by atoms with Crippen molar-refractivity contribution in [3.63, 3.8) is 0 Å². The van der Waals surface area contributed by atoms with Gasteiger partial charge in [-0.25, -0.2) is 12.8 Å². The molecule has 0 atom stereocenters. The summed E-state index contributed by atoms with van der Waals surface area (Å²) in [5.74, 6) is -0.426. The van der Waals surface area contributed by atoms with Crippen molar-refractivity contribution in [2.45, 2.75) is 11.8 Å². The number of nitrogens with one attached hydrogen (secondary N) is 1. The first-order valence-electron chi connectivity index (χ1n) is 6.73. The summed E-state index contributed by atoms with van der Waals surface area (Å²) in [4.78, 5) is 0.0413. The molecule has 112 valence electrons. The van der Waals surface area contributed by atoms with Gasteiger partial charge in [-0.1, -0.05) is 30.3 Å². The lowest BCUT2D eigenvalue weighted by molar-refractivity contribution is 0.598. The SMILES string of the molecule is Cc1cc(S(=O)(=O)Nc2ccc3ccccc3c2)ccc1F. The second kappa shape index (κ2) is 5.42. The molecule has 0 radical (unpaired) electrons. The van der Waals surface area contributed by atoms with Crippen LogP contribution in [0, 0.1) is 12.7 Å². The third-order valence-corrected chi connectivity index (χ3v) is 4.82. The summed E-state index contributed by atoms with van der Waals surface area (Å²) in [6, 6.07) is 16.7. The molecule has 0 amide bonds. The van der Waals surface area contributed by atoms with Gasteiger partial charge in [-0.05, 0) is 53.6 Å². The predicted molar refractivity (Wildman–Crippen MR) is 85.9 cm³/mol. The Hall–Kier alpha value is -2.40. The summed E-state index contributed by atoms with van der Waals surface area (Å²) >= 11 is 0. The minimum absolute atomic E-state index is 0.0413. The van der Waals surface area contributed by atoms with Crippen LogP contribution in [-0.2, 0) is 10.0 Å². The van der Waals surface area contributed by atoms with E-state index >= 15 is 0 Å². The lowest BCUT2D eigenvalue weighted by Crippen LogP contribution is -2.13. The molecule has 0 aliphatic carbocycles. The van der Waals surface area contributed by atoms with Crippen LogP contribution >= 0.6 is 0 Å². The Kier molecular flexibility index (Phi) is 3.58. The molecule has 0 heterocycles. The van der Waals surface area contributed by atoms with Crippen molar-refractivity contribution in [3.8, 4) is 0 Å². The molecule has 0 aliphatic rings. The summed E-state index contributed by atoms with van der Waals surface area (Å²) < 4.78 is 40.5. The van der Waals surface area contributed by atoms with Gasteiger partial charge < -0.3 is 0 Å². The predicted octanol–water partition coefficient (Wildman–Crippen LogP) is 4.09. The van der Waals surface area contributed by atoms with Crippen molar-refractivity contribution in [2.75, 3.05) is 4.72 Å². The van der Waals surface area contributed by atoms with E-state index in [-0.39, 0.29) is 4.90 Å². The van der Waals surface area contributed by atoms with Gasteiger partial charge in [-0.15, -0.1) is 0 Å². The number of hydrogen-bond acceptors (Lipinski definition) is 2. The third kappa shape index (κ3) is 2.80. The Bertz CT molecular complexity index is 952. The molecule has 1 N–H and O–H groups in total. The van der Waals surface area contributed by atoms with Crippen LogP contribution < -0.4 is 4.72 Å². The maximum Gasteiger partial charge on any atom is 0.261 e. The van der Waals surface area contributed by atoms with Gasteiger partial charge in [0.05, 0.1) is 4.90 Å². The third-order valence-electron chi connectivity index (χ3n) is 3.44.